The van der Waals surface area contributed by atoms with Crippen molar-refractivity contribution >= 4 is 28.6 Å². The zero-order valence-corrected chi connectivity index (χ0v) is 17.7. The standard InChI is InChI=1S/C23H18ClN5S/c24-17-9-5-4-8-15(17)21-20-16-10-11-25-12-18(16)30-23(20)29-19(13-26-21)27-28-22(29)14-6-2-1-3-7-14/h1-9,25H,10-13H2. The smallest absolute Gasteiger partial charge is 0.169 e. The molecule has 2 aliphatic heterocycles. The van der Waals surface area contributed by atoms with Crippen LogP contribution < -0.4 is 5.32 Å². The van der Waals surface area contributed by atoms with Crippen molar-refractivity contribution in [2.45, 2.75) is 19.5 Å². The van der Waals surface area contributed by atoms with Gasteiger partial charge in [-0.15, -0.1) is 21.5 Å². The first-order valence-electron chi connectivity index (χ1n) is 9.96. The molecular formula is C23H18ClN5S. The van der Waals surface area contributed by atoms with E-state index in [-0.39, 0.29) is 0 Å². The number of thiophene rings is 1. The van der Waals surface area contributed by atoms with Gasteiger partial charge in [0.1, 0.15) is 11.5 Å². The molecular weight excluding hydrogens is 414 g/mol. The fourth-order valence-electron chi connectivity index (χ4n) is 4.23. The first-order valence-corrected chi connectivity index (χ1v) is 11.2. The molecule has 0 spiro atoms. The van der Waals surface area contributed by atoms with E-state index in [9.17, 15) is 0 Å². The minimum absolute atomic E-state index is 0.467. The summed E-state index contributed by atoms with van der Waals surface area (Å²) in [4.78, 5) is 6.37. The summed E-state index contributed by atoms with van der Waals surface area (Å²) in [6, 6.07) is 18.2. The lowest BCUT2D eigenvalue weighted by molar-refractivity contribution is 0.654. The third-order valence-corrected chi connectivity index (χ3v) is 7.17. The molecule has 0 fully saturated rings. The van der Waals surface area contributed by atoms with Gasteiger partial charge in [0.05, 0.1) is 5.71 Å². The van der Waals surface area contributed by atoms with Crippen LogP contribution in [0, 0.1) is 0 Å². The maximum absolute atomic E-state index is 6.62. The van der Waals surface area contributed by atoms with Crippen molar-refractivity contribution in [3.63, 3.8) is 0 Å². The maximum atomic E-state index is 6.62. The highest BCUT2D eigenvalue weighted by Gasteiger charge is 2.31. The van der Waals surface area contributed by atoms with Crippen LogP contribution in [0.25, 0.3) is 16.4 Å². The Labute approximate surface area is 183 Å². The van der Waals surface area contributed by atoms with Crippen molar-refractivity contribution in [1.29, 1.82) is 0 Å². The van der Waals surface area contributed by atoms with Crippen molar-refractivity contribution in [2.75, 3.05) is 6.54 Å². The van der Waals surface area contributed by atoms with Crippen LogP contribution in [-0.2, 0) is 19.5 Å². The summed E-state index contributed by atoms with van der Waals surface area (Å²) in [7, 11) is 0. The molecule has 2 aromatic carbocycles. The summed E-state index contributed by atoms with van der Waals surface area (Å²) in [6.07, 6.45) is 0.975. The van der Waals surface area contributed by atoms with Crippen molar-refractivity contribution in [2.24, 2.45) is 4.99 Å². The third kappa shape index (κ3) is 2.75. The molecule has 30 heavy (non-hydrogen) atoms. The Balaban J connectivity index is 1.64. The molecule has 2 aromatic heterocycles. The van der Waals surface area contributed by atoms with Gasteiger partial charge < -0.3 is 5.32 Å². The quantitative estimate of drug-likeness (QED) is 0.502. The molecule has 0 amide bonds. The fourth-order valence-corrected chi connectivity index (χ4v) is 5.80. The van der Waals surface area contributed by atoms with E-state index in [1.165, 1.54) is 16.0 Å². The highest BCUT2D eigenvalue weighted by atomic mass is 35.5. The highest BCUT2D eigenvalue weighted by Crippen LogP contribution is 2.40. The summed E-state index contributed by atoms with van der Waals surface area (Å²) >= 11 is 8.42. The second-order valence-corrected chi connectivity index (χ2v) is 8.89. The molecule has 0 saturated heterocycles. The molecule has 7 heteroatoms. The van der Waals surface area contributed by atoms with E-state index in [0.717, 1.165) is 58.0 Å². The van der Waals surface area contributed by atoms with Crippen LogP contribution >= 0.6 is 22.9 Å². The maximum Gasteiger partial charge on any atom is 0.169 e. The van der Waals surface area contributed by atoms with Gasteiger partial charge in [-0.05, 0) is 24.6 Å². The Kier molecular flexibility index (Phi) is 4.30. The number of rotatable bonds is 2. The average Bonchev–Trinajstić information content (AvgIpc) is 3.33. The minimum Gasteiger partial charge on any atom is -0.312 e. The monoisotopic (exact) mass is 431 g/mol. The topological polar surface area (TPSA) is 55.1 Å². The fraction of sp³-hybridized carbons (Fsp3) is 0.174. The highest BCUT2D eigenvalue weighted by molar-refractivity contribution is 7.15. The molecule has 2 aliphatic rings. The lowest BCUT2D eigenvalue weighted by Crippen LogP contribution is -2.23. The normalized spacial score (nSPS) is 15.0. The van der Waals surface area contributed by atoms with Gasteiger partial charge in [0.2, 0.25) is 0 Å². The second kappa shape index (κ2) is 7.16. The summed E-state index contributed by atoms with van der Waals surface area (Å²) in [5, 5.41) is 14.4. The van der Waals surface area contributed by atoms with Gasteiger partial charge in [-0.1, -0.05) is 60.1 Å². The van der Waals surface area contributed by atoms with Gasteiger partial charge in [0.15, 0.2) is 11.6 Å². The van der Waals surface area contributed by atoms with E-state index >= 15 is 0 Å². The van der Waals surface area contributed by atoms with Crippen LogP contribution in [0.3, 0.4) is 0 Å². The predicted molar refractivity (Wildman–Crippen MR) is 121 cm³/mol. The summed E-state index contributed by atoms with van der Waals surface area (Å²) in [5.41, 5.74) is 5.53. The zero-order chi connectivity index (χ0) is 20.1. The van der Waals surface area contributed by atoms with Crippen LogP contribution in [0.5, 0.6) is 0 Å². The molecule has 0 radical (unpaired) electrons. The number of halogens is 1. The number of fused-ring (bicyclic) bond motifs is 5. The zero-order valence-electron chi connectivity index (χ0n) is 16.1. The van der Waals surface area contributed by atoms with Crippen LogP contribution in [0.15, 0.2) is 59.6 Å². The summed E-state index contributed by atoms with van der Waals surface area (Å²) in [6.45, 7) is 2.31. The van der Waals surface area contributed by atoms with E-state index in [4.69, 9.17) is 16.6 Å². The Bertz CT molecular complexity index is 1290. The molecule has 0 unspecified atom stereocenters. The number of aliphatic imine (C=N–C) groups is 1. The van der Waals surface area contributed by atoms with Gasteiger partial charge in [-0.2, -0.15) is 0 Å². The number of nitrogens with one attached hydrogen (secondary N) is 1. The van der Waals surface area contributed by atoms with E-state index in [0.29, 0.717) is 6.54 Å². The van der Waals surface area contributed by atoms with Gasteiger partial charge in [0, 0.05) is 33.1 Å². The van der Waals surface area contributed by atoms with Gasteiger partial charge in [0.25, 0.3) is 0 Å². The number of hydrogen-bond donors (Lipinski definition) is 1. The molecule has 0 saturated carbocycles. The molecule has 148 valence electrons. The van der Waals surface area contributed by atoms with E-state index < -0.39 is 0 Å². The molecule has 0 bridgehead atoms. The Hall–Kier alpha value is -2.80. The van der Waals surface area contributed by atoms with Crippen molar-refractivity contribution in [1.82, 2.24) is 20.1 Å². The first-order chi connectivity index (χ1) is 14.8. The van der Waals surface area contributed by atoms with E-state index in [2.05, 4.69) is 38.3 Å². The summed E-state index contributed by atoms with van der Waals surface area (Å²) in [5.74, 6) is 1.71. The van der Waals surface area contributed by atoms with Crippen molar-refractivity contribution in [3.8, 4) is 16.4 Å². The van der Waals surface area contributed by atoms with Gasteiger partial charge >= 0.3 is 0 Å². The second-order valence-electron chi connectivity index (χ2n) is 7.40. The molecule has 5 nitrogen and oxygen atoms in total. The molecule has 4 aromatic rings. The van der Waals surface area contributed by atoms with Gasteiger partial charge in [-0.3, -0.25) is 9.56 Å². The SMILES string of the molecule is Clc1ccccc1C1=NCc2nnc(-c3ccccc3)n2-c2sc3c(c21)CCNC3. The van der Waals surface area contributed by atoms with Crippen LogP contribution in [0.2, 0.25) is 5.02 Å². The third-order valence-electron chi connectivity index (χ3n) is 5.62. The van der Waals surface area contributed by atoms with Crippen LogP contribution in [0.4, 0.5) is 0 Å². The molecule has 4 heterocycles. The molecule has 1 N–H and O–H groups in total. The number of hydrogen-bond acceptors (Lipinski definition) is 5. The lowest BCUT2D eigenvalue weighted by Gasteiger charge is -2.16. The Morgan fingerprint density at radius 2 is 1.83 bits per heavy atom. The number of benzene rings is 2. The first kappa shape index (κ1) is 18.0. The van der Waals surface area contributed by atoms with Gasteiger partial charge in [-0.25, -0.2) is 0 Å². The average molecular weight is 432 g/mol. The predicted octanol–water partition coefficient (Wildman–Crippen LogP) is 4.65. The largest absolute Gasteiger partial charge is 0.312 e. The van der Waals surface area contributed by atoms with E-state index in [1.54, 1.807) is 0 Å². The summed E-state index contributed by atoms with van der Waals surface area (Å²) < 4.78 is 2.20. The Morgan fingerprint density at radius 1 is 1.00 bits per heavy atom. The minimum atomic E-state index is 0.467. The number of aromatic nitrogens is 3. The van der Waals surface area contributed by atoms with E-state index in [1.807, 2.05) is 47.7 Å². The van der Waals surface area contributed by atoms with Crippen molar-refractivity contribution in [3.05, 3.63) is 87.0 Å². The molecule has 0 aliphatic carbocycles. The lowest BCUT2D eigenvalue weighted by atomic mass is 9.96. The van der Waals surface area contributed by atoms with Crippen LogP contribution in [0.1, 0.15) is 27.4 Å². The van der Waals surface area contributed by atoms with Crippen LogP contribution in [-0.4, -0.2) is 27.0 Å². The molecule has 6 rings (SSSR count). The van der Waals surface area contributed by atoms with Crippen molar-refractivity contribution < 1.29 is 0 Å². The Morgan fingerprint density at radius 3 is 2.70 bits per heavy atom. The number of nitrogens with zero attached hydrogens (tertiary/aromatic N) is 4. The molecule has 0 atom stereocenters.